The lowest BCUT2D eigenvalue weighted by Crippen LogP contribution is -2.23. The van der Waals surface area contributed by atoms with Gasteiger partial charge in [0.15, 0.2) is 0 Å². The van der Waals surface area contributed by atoms with Gasteiger partial charge in [0.25, 0.3) is 0 Å². The molecule has 0 aliphatic carbocycles. The van der Waals surface area contributed by atoms with E-state index in [0.29, 0.717) is 24.6 Å². The van der Waals surface area contributed by atoms with Gasteiger partial charge in [-0.25, -0.2) is 9.07 Å². The van der Waals surface area contributed by atoms with E-state index in [1.165, 1.54) is 12.1 Å². The molecule has 0 saturated carbocycles. The third kappa shape index (κ3) is 3.43. The molecule has 0 spiro atoms. The van der Waals surface area contributed by atoms with Crippen LogP contribution in [0, 0.1) is 29.8 Å². The molecule has 0 aliphatic heterocycles. The Morgan fingerprint density at radius 3 is 2.48 bits per heavy atom. The highest BCUT2D eigenvalue weighted by molar-refractivity contribution is 5.39. The SMILES string of the molecule is Cc1nn(CN(C)Cc2ccc(F)cc2)c(C)c1[N+](=O)[O-]. The molecule has 0 aliphatic rings. The molecule has 2 rings (SSSR count). The Labute approximate surface area is 121 Å². The average Bonchev–Trinajstić information content (AvgIpc) is 2.67. The van der Waals surface area contributed by atoms with E-state index in [1.54, 1.807) is 30.7 Å². The Morgan fingerprint density at radius 1 is 1.33 bits per heavy atom. The number of aromatic nitrogens is 2. The highest BCUT2D eigenvalue weighted by Gasteiger charge is 2.22. The van der Waals surface area contributed by atoms with Gasteiger partial charge in [-0.1, -0.05) is 12.1 Å². The minimum atomic E-state index is -0.409. The topological polar surface area (TPSA) is 64.2 Å². The van der Waals surface area contributed by atoms with Gasteiger partial charge in [-0.15, -0.1) is 0 Å². The van der Waals surface area contributed by atoms with Gasteiger partial charge in [0.05, 0.1) is 11.6 Å². The molecule has 7 heteroatoms. The summed E-state index contributed by atoms with van der Waals surface area (Å²) < 4.78 is 14.5. The Kier molecular flexibility index (Phi) is 4.32. The zero-order valence-electron chi connectivity index (χ0n) is 12.2. The monoisotopic (exact) mass is 292 g/mol. The molecule has 1 heterocycles. The molecule has 0 fully saturated rings. The molecule has 0 radical (unpaired) electrons. The molecule has 0 atom stereocenters. The fourth-order valence-electron chi connectivity index (χ4n) is 2.27. The lowest BCUT2D eigenvalue weighted by atomic mass is 10.2. The zero-order chi connectivity index (χ0) is 15.6. The van der Waals surface area contributed by atoms with Crippen molar-refractivity contribution in [3.05, 3.63) is 57.1 Å². The van der Waals surface area contributed by atoms with E-state index >= 15 is 0 Å². The Morgan fingerprint density at radius 2 is 1.95 bits per heavy atom. The van der Waals surface area contributed by atoms with E-state index < -0.39 is 4.92 Å². The molecule has 0 unspecified atom stereocenters. The van der Waals surface area contributed by atoms with Crippen LogP contribution in [0.4, 0.5) is 10.1 Å². The van der Waals surface area contributed by atoms with Gasteiger partial charge in [0, 0.05) is 6.54 Å². The third-order valence-electron chi connectivity index (χ3n) is 3.27. The van der Waals surface area contributed by atoms with E-state index in [9.17, 15) is 14.5 Å². The lowest BCUT2D eigenvalue weighted by Gasteiger charge is -2.17. The summed E-state index contributed by atoms with van der Waals surface area (Å²) in [6, 6.07) is 6.26. The molecule has 0 bridgehead atoms. The second kappa shape index (κ2) is 6.01. The predicted octanol–water partition coefficient (Wildman–Crippen LogP) is 2.64. The second-order valence-corrected chi connectivity index (χ2v) is 5.06. The summed E-state index contributed by atoms with van der Waals surface area (Å²) in [4.78, 5) is 12.5. The number of halogens is 1. The van der Waals surface area contributed by atoms with Crippen molar-refractivity contribution in [2.24, 2.45) is 0 Å². The van der Waals surface area contributed by atoms with Crippen molar-refractivity contribution in [3.8, 4) is 0 Å². The molecule has 0 saturated heterocycles. The summed E-state index contributed by atoms with van der Waals surface area (Å²) in [6.45, 7) is 4.34. The number of rotatable bonds is 5. The van der Waals surface area contributed by atoms with Gasteiger partial charge < -0.3 is 0 Å². The highest BCUT2D eigenvalue weighted by Crippen LogP contribution is 2.22. The quantitative estimate of drug-likeness (QED) is 0.627. The van der Waals surface area contributed by atoms with Gasteiger partial charge in [0.2, 0.25) is 0 Å². The normalized spacial score (nSPS) is 11.1. The summed E-state index contributed by atoms with van der Waals surface area (Å²) in [7, 11) is 1.88. The van der Waals surface area contributed by atoms with Gasteiger partial charge in [-0.3, -0.25) is 15.0 Å². The predicted molar refractivity (Wildman–Crippen MR) is 76.2 cm³/mol. The fourth-order valence-corrected chi connectivity index (χ4v) is 2.27. The standard InChI is InChI=1S/C14H17FN4O2/c1-10-14(19(20)21)11(2)18(16-10)9-17(3)8-12-4-6-13(15)7-5-12/h4-7H,8-9H2,1-3H3. The molecule has 1 aromatic carbocycles. The summed E-state index contributed by atoms with van der Waals surface area (Å²) >= 11 is 0. The molecule has 0 amide bonds. The van der Waals surface area contributed by atoms with Crippen molar-refractivity contribution in [3.63, 3.8) is 0 Å². The maximum atomic E-state index is 12.9. The second-order valence-electron chi connectivity index (χ2n) is 5.06. The Bertz CT molecular complexity index is 652. The average molecular weight is 292 g/mol. The maximum absolute atomic E-state index is 12.9. The number of hydrogen-bond acceptors (Lipinski definition) is 4. The van der Waals surface area contributed by atoms with E-state index in [2.05, 4.69) is 5.10 Å². The highest BCUT2D eigenvalue weighted by atomic mass is 19.1. The van der Waals surface area contributed by atoms with E-state index in [4.69, 9.17) is 0 Å². The minimum absolute atomic E-state index is 0.0604. The van der Waals surface area contributed by atoms with Gasteiger partial charge >= 0.3 is 5.69 Å². The van der Waals surface area contributed by atoms with Crippen molar-refractivity contribution < 1.29 is 9.31 Å². The van der Waals surface area contributed by atoms with Crippen LogP contribution < -0.4 is 0 Å². The first kappa shape index (κ1) is 15.1. The minimum Gasteiger partial charge on any atom is -0.283 e. The van der Waals surface area contributed by atoms with Crippen LogP contribution in [0.5, 0.6) is 0 Å². The summed E-state index contributed by atoms with van der Waals surface area (Å²) in [5, 5.41) is 15.2. The first-order valence-electron chi connectivity index (χ1n) is 6.50. The van der Waals surface area contributed by atoms with Crippen LogP contribution in [0.2, 0.25) is 0 Å². The summed E-state index contributed by atoms with van der Waals surface area (Å²) in [5.41, 5.74) is 1.97. The smallest absolute Gasteiger partial charge is 0.283 e. The van der Waals surface area contributed by atoms with Gasteiger partial charge in [0.1, 0.15) is 17.2 Å². The van der Waals surface area contributed by atoms with Crippen LogP contribution in [-0.2, 0) is 13.2 Å². The van der Waals surface area contributed by atoms with Crippen molar-refractivity contribution in [2.75, 3.05) is 7.05 Å². The molecule has 21 heavy (non-hydrogen) atoms. The fraction of sp³-hybridized carbons (Fsp3) is 0.357. The van der Waals surface area contributed by atoms with Crippen LogP contribution in [0.25, 0.3) is 0 Å². The molecule has 2 aromatic rings. The molecule has 112 valence electrons. The van der Waals surface area contributed by atoms with Crippen LogP contribution in [-0.4, -0.2) is 26.7 Å². The summed E-state index contributed by atoms with van der Waals surface area (Å²) in [6.07, 6.45) is 0. The molecular formula is C14H17FN4O2. The number of hydrogen-bond donors (Lipinski definition) is 0. The van der Waals surface area contributed by atoms with Crippen LogP contribution >= 0.6 is 0 Å². The number of nitro groups is 1. The van der Waals surface area contributed by atoms with E-state index in [-0.39, 0.29) is 11.5 Å². The first-order chi connectivity index (χ1) is 9.88. The Hall–Kier alpha value is -2.28. The number of aryl methyl sites for hydroxylation is 1. The van der Waals surface area contributed by atoms with Crippen LogP contribution in [0.1, 0.15) is 17.0 Å². The van der Waals surface area contributed by atoms with Crippen molar-refractivity contribution in [2.45, 2.75) is 27.1 Å². The molecule has 6 nitrogen and oxygen atoms in total. The summed E-state index contributed by atoms with van der Waals surface area (Å²) in [5.74, 6) is -0.268. The van der Waals surface area contributed by atoms with E-state index in [0.717, 1.165) is 5.56 Å². The lowest BCUT2D eigenvalue weighted by molar-refractivity contribution is -0.386. The first-order valence-corrected chi connectivity index (χ1v) is 6.50. The number of nitrogens with zero attached hydrogens (tertiary/aromatic N) is 4. The maximum Gasteiger partial charge on any atom is 0.312 e. The molecule has 1 aromatic heterocycles. The van der Waals surface area contributed by atoms with Crippen LogP contribution in [0.3, 0.4) is 0 Å². The van der Waals surface area contributed by atoms with Gasteiger partial charge in [-0.2, -0.15) is 5.10 Å². The van der Waals surface area contributed by atoms with Crippen molar-refractivity contribution >= 4 is 5.69 Å². The van der Waals surface area contributed by atoms with Crippen LogP contribution in [0.15, 0.2) is 24.3 Å². The van der Waals surface area contributed by atoms with Crippen molar-refractivity contribution in [1.29, 1.82) is 0 Å². The number of benzene rings is 1. The Balaban J connectivity index is 2.09. The largest absolute Gasteiger partial charge is 0.312 e. The van der Waals surface area contributed by atoms with Crippen molar-refractivity contribution in [1.82, 2.24) is 14.7 Å². The van der Waals surface area contributed by atoms with E-state index in [1.807, 2.05) is 11.9 Å². The third-order valence-corrected chi connectivity index (χ3v) is 3.27. The molecule has 0 N–H and O–H groups in total. The molecular weight excluding hydrogens is 275 g/mol. The zero-order valence-corrected chi connectivity index (χ0v) is 12.2. The van der Waals surface area contributed by atoms with Gasteiger partial charge in [-0.05, 0) is 38.6 Å².